The molecule has 3 rings (SSSR count). The number of carbonyl (C=O) groups excluding carboxylic acids is 2. The van der Waals surface area contributed by atoms with Gasteiger partial charge < -0.3 is 19.5 Å². The van der Waals surface area contributed by atoms with Gasteiger partial charge >= 0.3 is 5.97 Å². The molecular formula is C17H14N2O7. The van der Waals surface area contributed by atoms with Crippen LogP contribution in [0.5, 0.6) is 11.5 Å². The first kappa shape index (κ1) is 17.2. The van der Waals surface area contributed by atoms with Gasteiger partial charge in [-0.05, 0) is 19.1 Å². The third-order valence-corrected chi connectivity index (χ3v) is 3.58. The fourth-order valence-electron chi connectivity index (χ4n) is 2.29. The predicted molar refractivity (Wildman–Crippen MR) is 89.3 cm³/mol. The summed E-state index contributed by atoms with van der Waals surface area (Å²) in [5, 5.41) is 13.7. The van der Waals surface area contributed by atoms with Crippen molar-refractivity contribution in [1.29, 1.82) is 0 Å². The Morgan fingerprint density at radius 3 is 2.50 bits per heavy atom. The molecule has 0 radical (unpaired) electrons. The Balaban J connectivity index is 1.67. The van der Waals surface area contributed by atoms with Crippen molar-refractivity contribution >= 4 is 23.3 Å². The highest BCUT2D eigenvalue weighted by molar-refractivity contribution is 5.98. The summed E-state index contributed by atoms with van der Waals surface area (Å²) in [4.78, 5) is 34.5. The van der Waals surface area contributed by atoms with Crippen LogP contribution in [0.25, 0.3) is 0 Å². The van der Waals surface area contributed by atoms with Crippen molar-refractivity contribution in [2.45, 2.75) is 6.92 Å². The van der Waals surface area contributed by atoms with E-state index in [1.54, 1.807) is 12.1 Å². The Bertz CT molecular complexity index is 877. The molecule has 0 saturated heterocycles. The number of carbonyl (C=O) groups is 2. The van der Waals surface area contributed by atoms with E-state index < -0.39 is 29.1 Å². The first-order chi connectivity index (χ1) is 12.4. The molecule has 9 heteroatoms. The Labute approximate surface area is 147 Å². The van der Waals surface area contributed by atoms with Gasteiger partial charge in [0.2, 0.25) is 6.79 Å². The van der Waals surface area contributed by atoms with Crippen molar-refractivity contribution in [3.05, 3.63) is 57.6 Å². The quantitative estimate of drug-likeness (QED) is 0.495. The second kappa shape index (κ2) is 7.09. The van der Waals surface area contributed by atoms with Crippen molar-refractivity contribution in [1.82, 2.24) is 0 Å². The molecule has 9 nitrogen and oxygen atoms in total. The molecule has 0 atom stereocenters. The maximum absolute atomic E-state index is 12.2. The van der Waals surface area contributed by atoms with Crippen LogP contribution in [0.2, 0.25) is 0 Å². The van der Waals surface area contributed by atoms with Crippen molar-refractivity contribution in [2.75, 3.05) is 18.7 Å². The molecule has 26 heavy (non-hydrogen) atoms. The lowest BCUT2D eigenvalue weighted by molar-refractivity contribution is -0.385. The van der Waals surface area contributed by atoms with E-state index in [1.165, 1.54) is 6.07 Å². The van der Waals surface area contributed by atoms with E-state index in [1.807, 2.05) is 19.1 Å². The number of nitrogens with zero attached hydrogens (tertiary/aromatic N) is 1. The van der Waals surface area contributed by atoms with Crippen LogP contribution in [0.1, 0.15) is 15.9 Å². The molecule has 0 saturated carbocycles. The minimum Gasteiger partial charge on any atom is -0.454 e. The summed E-state index contributed by atoms with van der Waals surface area (Å²) >= 11 is 0. The maximum atomic E-state index is 12.2. The Hall–Kier alpha value is -3.62. The second-order valence-corrected chi connectivity index (χ2v) is 5.47. The van der Waals surface area contributed by atoms with Crippen molar-refractivity contribution < 1.29 is 28.7 Å². The zero-order valence-electron chi connectivity index (χ0n) is 13.7. The summed E-state index contributed by atoms with van der Waals surface area (Å²) < 4.78 is 15.0. The summed E-state index contributed by atoms with van der Waals surface area (Å²) in [5.74, 6) is -1.20. The molecular weight excluding hydrogens is 344 g/mol. The lowest BCUT2D eigenvalue weighted by Gasteiger charge is -2.08. The summed E-state index contributed by atoms with van der Waals surface area (Å²) in [7, 11) is 0. The van der Waals surface area contributed by atoms with Gasteiger partial charge in [0.05, 0.1) is 11.0 Å². The smallest absolute Gasteiger partial charge is 0.345 e. The fraction of sp³-hybridized carbons (Fsp3) is 0.176. The lowest BCUT2D eigenvalue weighted by atomic mass is 10.1. The summed E-state index contributed by atoms with van der Waals surface area (Å²) in [6.07, 6.45) is 0. The SMILES string of the molecule is Cc1ccc(NC(=O)COC(=O)c2cc3c(cc2[N+](=O)[O-])OCO3)cc1. The van der Waals surface area contributed by atoms with Crippen LogP contribution in [-0.4, -0.2) is 30.2 Å². The van der Waals surface area contributed by atoms with Crippen LogP contribution in [0.4, 0.5) is 11.4 Å². The number of nitro groups is 1. The van der Waals surface area contributed by atoms with Crippen LogP contribution >= 0.6 is 0 Å². The number of ether oxygens (including phenoxy) is 3. The number of nitro benzene ring substituents is 1. The first-order valence-corrected chi connectivity index (χ1v) is 7.56. The minimum absolute atomic E-state index is 0.0933. The number of esters is 1. The van der Waals surface area contributed by atoms with E-state index in [4.69, 9.17) is 14.2 Å². The van der Waals surface area contributed by atoms with Gasteiger partial charge in [-0.3, -0.25) is 14.9 Å². The van der Waals surface area contributed by atoms with Gasteiger partial charge in [0.1, 0.15) is 5.56 Å². The number of aryl methyl sites for hydroxylation is 1. The predicted octanol–water partition coefficient (Wildman–Crippen LogP) is 2.43. The number of hydrogen-bond acceptors (Lipinski definition) is 7. The van der Waals surface area contributed by atoms with E-state index in [2.05, 4.69) is 5.32 Å². The van der Waals surface area contributed by atoms with Gasteiger partial charge in [0, 0.05) is 11.8 Å². The number of fused-ring (bicyclic) bond motifs is 1. The number of nitrogens with one attached hydrogen (secondary N) is 1. The molecule has 1 heterocycles. The third kappa shape index (κ3) is 3.72. The number of anilines is 1. The molecule has 0 spiro atoms. The van der Waals surface area contributed by atoms with Gasteiger partial charge in [-0.15, -0.1) is 0 Å². The fourth-order valence-corrected chi connectivity index (χ4v) is 2.29. The third-order valence-electron chi connectivity index (χ3n) is 3.58. The van der Waals surface area contributed by atoms with E-state index >= 15 is 0 Å². The van der Waals surface area contributed by atoms with E-state index in [0.29, 0.717) is 5.69 Å². The largest absolute Gasteiger partial charge is 0.454 e. The molecule has 1 aliphatic rings. The van der Waals surface area contributed by atoms with E-state index in [0.717, 1.165) is 11.6 Å². The molecule has 0 unspecified atom stereocenters. The molecule has 1 N–H and O–H groups in total. The Morgan fingerprint density at radius 2 is 1.85 bits per heavy atom. The zero-order chi connectivity index (χ0) is 18.7. The van der Waals surface area contributed by atoms with Gasteiger partial charge in [0.15, 0.2) is 18.1 Å². The number of amides is 1. The van der Waals surface area contributed by atoms with E-state index in [9.17, 15) is 19.7 Å². The summed E-state index contributed by atoms with van der Waals surface area (Å²) in [6.45, 7) is 1.23. The first-order valence-electron chi connectivity index (χ1n) is 7.56. The molecule has 2 aromatic carbocycles. The molecule has 134 valence electrons. The Kier molecular flexibility index (Phi) is 4.70. The van der Waals surface area contributed by atoms with Gasteiger partial charge in [0.25, 0.3) is 11.6 Å². The average molecular weight is 358 g/mol. The Morgan fingerprint density at radius 1 is 1.19 bits per heavy atom. The minimum atomic E-state index is -1.01. The van der Waals surface area contributed by atoms with Crippen molar-refractivity contribution in [2.24, 2.45) is 0 Å². The van der Waals surface area contributed by atoms with Crippen molar-refractivity contribution in [3.63, 3.8) is 0 Å². The molecule has 0 fully saturated rings. The summed E-state index contributed by atoms with van der Waals surface area (Å²) in [5.41, 5.74) is 0.774. The second-order valence-electron chi connectivity index (χ2n) is 5.47. The molecule has 0 aromatic heterocycles. The monoisotopic (exact) mass is 358 g/mol. The van der Waals surface area contributed by atoms with E-state index in [-0.39, 0.29) is 23.9 Å². The van der Waals surface area contributed by atoms with Crippen LogP contribution in [0.15, 0.2) is 36.4 Å². The summed E-state index contributed by atoms with van der Waals surface area (Å²) in [6, 6.07) is 9.30. The molecule has 0 bridgehead atoms. The number of rotatable bonds is 5. The lowest BCUT2D eigenvalue weighted by Crippen LogP contribution is -2.21. The molecule has 0 aliphatic carbocycles. The van der Waals surface area contributed by atoms with Crippen LogP contribution < -0.4 is 14.8 Å². The van der Waals surface area contributed by atoms with Gasteiger partial charge in [-0.25, -0.2) is 4.79 Å². The standard InChI is InChI=1S/C17H14N2O7/c1-10-2-4-11(5-3-10)18-16(20)8-24-17(21)12-6-14-15(26-9-25-14)7-13(12)19(22)23/h2-7H,8-9H2,1H3,(H,18,20). The maximum Gasteiger partial charge on any atom is 0.345 e. The molecule has 2 aromatic rings. The topological polar surface area (TPSA) is 117 Å². The molecule has 1 aliphatic heterocycles. The highest BCUT2D eigenvalue weighted by atomic mass is 16.7. The van der Waals surface area contributed by atoms with Gasteiger partial charge in [-0.1, -0.05) is 17.7 Å². The van der Waals surface area contributed by atoms with Crippen molar-refractivity contribution in [3.8, 4) is 11.5 Å². The highest BCUT2D eigenvalue weighted by Crippen LogP contribution is 2.38. The van der Waals surface area contributed by atoms with Crippen LogP contribution in [0, 0.1) is 17.0 Å². The number of benzene rings is 2. The van der Waals surface area contributed by atoms with Crippen LogP contribution in [-0.2, 0) is 9.53 Å². The average Bonchev–Trinajstić information content (AvgIpc) is 3.08. The molecule has 1 amide bonds. The van der Waals surface area contributed by atoms with Crippen LogP contribution in [0.3, 0.4) is 0 Å². The highest BCUT2D eigenvalue weighted by Gasteiger charge is 2.28. The zero-order valence-corrected chi connectivity index (χ0v) is 13.7. The van der Waals surface area contributed by atoms with Gasteiger partial charge in [-0.2, -0.15) is 0 Å². The number of hydrogen-bond donors (Lipinski definition) is 1. The normalized spacial score (nSPS) is 11.7.